The zero-order valence-corrected chi connectivity index (χ0v) is 10.5. The smallest absolute Gasteiger partial charge is 0.227 e. The fourth-order valence-corrected chi connectivity index (χ4v) is 2.02. The molecule has 1 saturated heterocycles. The van der Waals surface area contributed by atoms with Crippen molar-refractivity contribution < 1.29 is 15.0 Å². The first-order valence-electron chi connectivity index (χ1n) is 5.86. The van der Waals surface area contributed by atoms with E-state index in [1.54, 1.807) is 0 Å². The largest absolute Gasteiger partial charge is 0.396 e. The lowest BCUT2D eigenvalue weighted by molar-refractivity contribution is -0.143. The second-order valence-electron chi connectivity index (χ2n) is 5.86. The van der Waals surface area contributed by atoms with Gasteiger partial charge in [0.25, 0.3) is 0 Å². The molecule has 1 aliphatic rings. The summed E-state index contributed by atoms with van der Waals surface area (Å²) in [6.07, 6.45) is 1.36. The zero-order valence-electron chi connectivity index (χ0n) is 10.5. The molecule has 0 aromatic rings. The van der Waals surface area contributed by atoms with Gasteiger partial charge in [-0.05, 0) is 12.8 Å². The van der Waals surface area contributed by atoms with Crippen molar-refractivity contribution >= 4 is 5.91 Å². The van der Waals surface area contributed by atoms with Crippen LogP contribution in [0.2, 0.25) is 0 Å². The van der Waals surface area contributed by atoms with E-state index < -0.39 is 0 Å². The third-order valence-electron chi connectivity index (χ3n) is 3.42. The molecule has 1 fully saturated rings. The Morgan fingerprint density at radius 3 is 1.94 bits per heavy atom. The summed E-state index contributed by atoms with van der Waals surface area (Å²) in [6.45, 7) is 7.01. The molecule has 0 bridgehead atoms. The highest BCUT2D eigenvalue weighted by molar-refractivity contribution is 5.81. The Bertz CT molecular complexity index is 243. The van der Waals surface area contributed by atoms with Gasteiger partial charge in [-0.2, -0.15) is 0 Å². The Kier molecular flexibility index (Phi) is 3.97. The van der Waals surface area contributed by atoms with Crippen LogP contribution in [0.25, 0.3) is 0 Å². The maximum absolute atomic E-state index is 12.0. The Labute approximate surface area is 97.3 Å². The lowest BCUT2D eigenvalue weighted by Gasteiger charge is -2.41. The highest BCUT2D eigenvalue weighted by Crippen LogP contribution is 2.32. The van der Waals surface area contributed by atoms with Crippen LogP contribution in [0.5, 0.6) is 0 Å². The van der Waals surface area contributed by atoms with Crippen molar-refractivity contribution in [2.45, 2.75) is 33.6 Å². The molecule has 0 saturated carbocycles. The first-order valence-corrected chi connectivity index (χ1v) is 5.86. The number of aliphatic hydroxyl groups excluding tert-OH is 2. The maximum Gasteiger partial charge on any atom is 0.227 e. The number of aliphatic hydroxyl groups is 2. The fraction of sp³-hybridized carbons (Fsp3) is 0.917. The topological polar surface area (TPSA) is 60.8 Å². The Morgan fingerprint density at radius 2 is 1.62 bits per heavy atom. The van der Waals surface area contributed by atoms with Crippen LogP contribution in [0.3, 0.4) is 0 Å². The van der Waals surface area contributed by atoms with Gasteiger partial charge < -0.3 is 15.1 Å². The molecule has 4 heteroatoms. The first-order chi connectivity index (χ1) is 7.34. The lowest BCUT2D eigenvalue weighted by Crippen LogP contribution is -2.49. The summed E-state index contributed by atoms with van der Waals surface area (Å²) in [5.41, 5.74) is -0.729. The van der Waals surface area contributed by atoms with E-state index in [0.717, 1.165) is 0 Å². The van der Waals surface area contributed by atoms with Crippen molar-refractivity contribution in [3.05, 3.63) is 0 Å². The standard InChI is InChI=1S/C12H23NO3/c1-11(2,3)10(16)13-6-4-12(8-14,9-15)5-7-13/h14-15H,4-9H2,1-3H3. The van der Waals surface area contributed by atoms with Crippen LogP contribution in [0.15, 0.2) is 0 Å². The number of piperidine rings is 1. The van der Waals surface area contributed by atoms with Crippen LogP contribution in [0.1, 0.15) is 33.6 Å². The molecule has 1 amide bonds. The van der Waals surface area contributed by atoms with E-state index in [1.807, 2.05) is 25.7 Å². The lowest BCUT2D eigenvalue weighted by atomic mass is 9.79. The second-order valence-corrected chi connectivity index (χ2v) is 5.86. The minimum Gasteiger partial charge on any atom is -0.396 e. The van der Waals surface area contributed by atoms with Crippen molar-refractivity contribution in [2.24, 2.45) is 10.8 Å². The molecule has 16 heavy (non-hydrogen) atoms. The van der Waals surface area contributed by atoms with E-state index in [1.165, 1.54) is 0 Å². The quantitative estimate of drug-likeness (QED) is 0.730. The minimum atomic E-state index is -0.380. The van der Waals surface area contributed by atoms with Gasteiger partial charge in [-0.1, -0.05) is 20.8 Å². The normalized spacial score (nSPS) is 20.9. The maximum atomic E-state index is 12.0. The summed E-state index contributed by atoms with van der Waals surface area (Å²) >= 11 is 0. The second kappa shape index (κ2) is 4.72. The zero-order chi connectivity index (χ0) is 12.4. The molecule has 0 atom stereocenters. The molecule has 1 aliphatic heterocycles. The molecule has 0 unspecified atom stereocenters. The predicted molar refractivity (Wildman–Crippen MR) is 61.9 cm³/mol. The highest BCUT2D eigenvalue weighted by Gasteiger charge is 2.37. The Balaban J connectivity index is 2.59. The van der Waals surface area contributed by atoms with Crippen LogP contribution in [0, 0.1) is 10.8 Å². The van der Waals surface area contributed by atoms with Crippen LogP contribution >= 0.6 is 0 Å². The van der Waals surface area contributed by atoms with Crippen LogP contribution in [-0.2, 0) is 4.79 Å². The molecule has 94 valence electrons. The molecular formula is C12H23NO3. The number of carbonyl (C=O) groups excluding carboxylic acids is 1. The molecule has 1 heterocycles. The monoisotopic (exact) mass is 229 g/mol. The number of rotatable bonds is 2. The van der Waals surface area contributed by atoms with E-state index in [0.29, 0.717) is 25.9 Å². The summed E-state index contributed by atoms with van der Waals surface area (Å²) in [7, 11) is 0. The van der Waals surface area contributed by atoms with Gasteiger partial charge in [0.05, 0.1) is 13.2 Å². The summed E-state index contributed by atoms with van der Waals surface area (Å²) in [4.78, 5) is 13.8. The fourth-order valence-electron chi connectivity index (χ4n) is 2.02. The third-order valence-corrected chi connectivity index (χ3v) is 3.42. The Hall–Kier alpha value is -0.610. The molecule has 0 aromatic heterocycles. The van der Waals surface area contributed by atoms with Crippen molar-refractivity contribution in [1.82, 2.24) is 4.90 Å². The van der Waals surface area contributed by atoms with E-state index in [2.05, 4.69) is 0 Å². The van der Waals surface area contributed by atoms with Crippen molar-refractivity contribution in [1.29, 1.82) is 0 Å². The van der Waals surface area contributed by atoms with Gasteiger partial charge in [0, 0.05) is 23.9 Å². The van der Waals surface area contributed by atoms with Crippen molar-refractivity contribution in [3.63, 3.8) is 0 Å². The highest BCUT2D eigenvalue weighted by atomic mass is 16.3. The molecular weight excluding hydrogens is 206 g/mol. The predicted octanol–water partition coefficient (Wildman–Crippen LogP) is 0.626. The average molecular weight is 229 g/mol. The van der Waals surface area contributed by atoms with Gasteiger partial charge in [0.1, 0.15) is 0 Å². The van der Waals surface area contributed by atoms with Crippen LogP contribution < -0.4 is 0 Å². The van der Waals surface area contributed by atoms with E-state index in [9.17, 15) is 15.0 Å². The number of likely N-dealkylation sites (tertiary alicyclic amines) is 1. The van der Waals surface area contributed by atoms with Gasteiger partial charge in [0.2, 0.25) is 5.91 Å². The number of hydrogen-bond donors (Lipinski definition) is 2. The summed E-state index contributed by atoms with van der Waals surface area (Å²) < 4.78 is 0. The molecule has 1 rings (SSSR count). The van der Waals surface area contributed by atoms with Gasteiger partial charge >= 0.3 is 0 Å². The summed E-state index contributed by atoms with van der Waals surface area (Å²) in [5.74, 6) is 0.150. The SMILES string of the molecule is CC(C)(C)C(=O)N1CCC(CO)(CO)CC1. The molecule has 0 radical (unpaired) electrons. The van der Waals surface area contributed by atoms with Gasteiger partial charge in [-0.25, -0.2) is 0 Å². The number of carbonyl (C=O) groups is 1. The van der Waals surface area contributed by atoms with Crippen molar-refractivity contribution in [2.75, 3.05) is 26.3 Å². The van der Waals surface area contributed by atoms with E-state index in [4.69, 9.17) is 0 Å². The van der Waals surface area contributed by atoms with Gasteiger partial charge in [-0.15, -0.1) is 0 Å². The molecule has 0 aromatic carbocycles. The number of hydrogen-bond acceptors (Lipinski definition) is 3. The van der Waals surface area contributed by atoms with Crippen LogP contribution in [-0.4, -0.2) is 47.3 Å². The third kappa shape index (κ3) is 2.74. The molecule has 2 N–H and O–H groups in total. The summed E-state index contributed by atoms with van der Waals surface area (Å²) in [6, 6.07) is 0. The Morgan fingerprint density at radius 1 is 1.19 bits per heavy atom. The number of nitrogens with zero attached hydrogens (tertiary/aromatic N) is 1. The van der Waals surface area contributed by atoms with E-state index >= 15 is 0 Å². The van der Waals surface area contributed by atoms with E-state index in [-0.39, 0.29) is 30.0 Å². The van der Waals surface area contributed by atoms with Crippen LogP contribution in [0.4, 0.5) is 0 Å². The molecule has 0 spiro atoms. The molecule has 4 nitrogen and oxygen atoms in total. The van der Waals surface area contributed by atoms with Gasteiger partial charge in [0.15, 0.2) is 0 Å². The van der Waals surface area contributed by atoms with Crippen molar-refractivity contribution in [3.8, 4) is 0 Å². The minimum absolute atomic E-state index is 0.00104. The average Bonchev–Trinajstić information content (AvgIpc) is 2.27. The van der Waals surface area contributed by atoms with Gasteiger partial charge in [-0.3, -0.25) is 4.79 Å². The summed E-state index contributed by atoms with van der Waals surface area (Å²) in [5, 5.41) is 18.5. The first kappa shape index (κ1) is 13.5. The molecule has 0 aliphatic carbocycles. The number of amides is 1.